The van der Waals surface area contributed by atoms with Gasteiger partial charge in [0.25, 0.3) is 11.8 Å². The van der Waals surface area contributed by atoms with E-state index in [4.69, 9.17) is 0 Å². The first-order chi connectivity index (χ1) is 16.0. The lowest BCUT2D eigenvalue weighted by atomic mass is 9.99. The zero-order chi connectivity index (χ0) is 22.9. The molecule has 0 aromatic heterocycles. The van der Waals surface area contributed by atoms with Crippen molar-refractivity contribution >= 4 is 17.5 Å². The maximum absolute atomic E-state index is 12.5. The number of piperidine rings is 1. The molecule has 7 heteroatoms. The van der Waals surface area contributed by atoms with Gasteiger partial charge in [-0.1, -0.05) is 42.5 Å². The Bertz CT molecular complexity index is 1230. The molecule has 0 saturated carbocycles. The first-order valence-corrected chi connectivity index (χ1v) is 11.3. The lowest BCUT2D eigenvalue weighted by Crippen LogP contribution is -2.45. The summed E-state index contributed by atoms with van der Waals surface area (Å²) >= 11 is 0. The minimum atomic E-state index is -0.518. The SMILES string of the molecule is O=C1c2ccccc2C(=O)N1CCc1c(NC2CCN(Cc3ccccc3)CC2)c(=O)c1=O. The maximum Gasteiger partial charge on any atom is 0.261 e. The Morgan fingerprint density at radius 1 is 0.788 bits per heavy atom. The van der Waals surface area contributed by atoms with Crippen molar-refractivity contribution in [2.24, 2.45) is 0 Å². The van der Waals surface area contributed by atoms with Crippen LogP contribution in [0.2, 0.25) is 0 Å². The number of hydrogen-bond donors (Lipinski definition) is 1. The summed E-state index contributed by atoms with van der Waals surface area (Å²) in [7, 11) is 0. The summed E-state index contributed by atoms with van der Waals surface area (Å²) in [5.41, 5.74) is 1.78. The number of rotatable bonds is 7. The highest BCUT2D eigenvalue weighted by molar-refractivity contribution is 6.21. The summed E-state index contributed by atoms with van der Waals surface area (Å²) < 4.78 is 0. The highest BCUT2D eigenvalue weighted by atomic mass is 16.2. The van der Waals surface area contributed by atoms with E-state index >= 15 is 0 Å². The number of nitrogens with one attached hydrogen (secondary N) is 1. The number of benzene rings is 2. The molecule has 2 heterocycles. The minimum Gasteiger partial charge on any atom is -0.379 e. The van der Waals surface area contributed by atoms with E-state index in [2.05, 4.69) is 22.3 Å². The molecule has 1 saturated heterocycles. The first kappa shape index (κ1) is 21.3. The molecule has 168 valence electrons. The largest absolute Gasteiger partial charge is 0.379 e. The number of nitrogens with zero attached hydrogens (tertiary/aromatic N) is 2. The topological polar surface area (TPSA) is 86.8 Å². The molecular formula is C26H25N3O4. The normalized spacial score (nSPS) is 17.0. The average molecular weight is 444 g/mol. The van der Waals surface area contributed by atoms with Crippen molar-refractivity contribution in [2.45, 2.75) is 31.8 Å². The molecule has 2 aliphatic heterocycles. The van der Waals surface area contributed by atoms with Crippen molar-refractivity contribution in [1.82, 2.24) is 9.80 Å². The third-order valence-electron chi connectivity index (χ3n) is 6.66. The lowest BCUT2D eigenvalue weighted by molar-refractivity contribution is 0.0656. The molecule has 0 radical (unpaired) electrons. The maximum atomic E-state index is 12.5. The van der Waals surface area contributed by atoms with E-state index in [1.165, 1.54) is 5.56 Å². The van der Waals surface area contributed by atoms with Crippen LogP contribution in [-0.2, 0) is 13.0 Å². The Labute approximate surface area is 191 Å². The Balaban J connectivity index is 1.18. The van der Waals surface area contributed by atoms with Crippen molar-refractivity contribution in [3.8, 4) is 0 Å². The van der Waals surface area contributed by atoms with Gasteiger partial charge in [-0.05, 0) is 37.0 Å². The summed E-state index contributed by atoms with van der Waals surface area (Å²) in [5.74, 6) is -0.704. The van der Waals surface area contributed by atoms with Crippen LogP contribution in [0, 0.1) is 0 Å². The average Bonchev–Trinajstić information content (AvgIpc) is 3.09. The van der Waals surface area contributed by atoms with Gasteiger partial charge in [0.2, 0.25) is 10.9 Å². The fraction of sp³-hybridized carbons (Fsp3) is 0.308. The number of fused-ring (bicyclic) bond motifs is 1. The van der Waals surface area contributed by atoms with E-state index in [-0.39, 0.29) is 30.8 Å². The van der Waals surface area contributed by atoms with E-state index in [0.29, 0.717) is 22.4 Å². The second kappa shape index (κ2) is 8.75. The van der Waals surface area contributed by atoms with Gasteiger partial charge in [-0.3, -0.25) is 29.0 Å². The van der Waals surface area contributed by atoms with Crippen molar-refractivity contribution in [3.63, 3.8) is 0 Å². The van der Waals surface area contributed by atoms with Crippen LogP contribution in [-0.4, -0.2) is 47.3 Å². The number of amides is 2. The fourth-order valence-corrected chi connectivity index (χ4v) is 4.78. The van der Waals surface area contributed by atoms with Gasteiger partial charge in [-0.25, -0.2) is 0 Å². The van der Waals surface area contributed by atoms with Crippen LogP contribution in [0.4, 0.5) is 5.69 Å². The lowest BCUT2D eigenvalue weighted by Gasteiger charge is -2.33. The number of likely N-dealkylation sites (tertiary alicyclic amines) is 1. The Morgan fingerprint density at radius 2 is 1.39 bits per heavy atom. The van der Waals surface area contributed by atoms with Crippen molar-refractivity contribution in [3.05, 3.63) is 97.3 Å². The van der Waals surface area contributed by atoms with Gasteiger partial charge in [0.05, 0.1) is 16.8 Å². The fourth-order valence-electron chi connectivity index (χ4n) is 4.78. The summed E-state index contributed by atoms with van der Waals surface area (Å²) in [5, 5.41) is 3.28. The van der Waals surface area contributed by atoms with Crippen LogP contribution in [0.25, 0.3) is 0 Å². The molecular weight excluding hydrogens is 418 g/mol. The predicted octanol–water partition coefficient (Wildman–Crippen LogP) is 2.20. The van der Waals surface area contributed by atoms with E-state index < -0.39 is 10.9 Å². The molecule has 2 aliphatic rings. The van der Waals surface area contributed by atoms with Gasteiger partial charge in [-0.2, -0.15) is 0 Å². The zero-order valence-electron chi connectivity index (χ0n) is 18.3. The van der Waals surface area contributed by atoms with Crippen LogP contribution in [0.1, 0.15) is 44.7 Å². The molecule has 0 atom stereocenters. The van der Waals surface area contributed by atoms with Gasteiger partial charge < -0.3 is 5.32 Å². The number of carbonyl (C=O) groups is 2. The number of imide groups is 1. The third kappa shape index (κ3) is 4.00. The molecule has 0 aliphatic carbocycles. The highest BCUT2D eigenvalue weighted by Crippen LogP contribution is 2.24. The van der Waals surface area contributed by atoms with Crippen molar-refractivity contribution in [2.75, 3.05) is 25.0 Å². The smallest absolute Gasteiger partial charge is 0.261 e. The summed E-state index contributed by atoms with van der Waals surface area (Å²) in [4.78, 5) is 53.1. The van der Waals surface area contributed by atoms with Crippen molar-refractivity contribution in [1.29, 1.82) is 0 Å². The Morgan fingerprint density at radius 3 is 2.03 bits per heavy atom. The zero-order valence-corrected chi connectivity index (χ0v) is 18.3. The van der Waals surface area contributed by atoms with Crippen LogP contribution < -0.4 is 16.2 Å². The van der Waals surface area contributed by atoms with Gasteiger partial charge >= 0.3 is 0 Å². The molecule has 33 heavy (non-hydrogen) atoms. The molecule has 2 amide bonds. The van der Waals surface area contributed by atoms with E-state index in [9.17, 15) is 19.2 Å². The summed E-state index contributed by atoms with van der Waals surface area (Å²) in [6.07, 6.45) is 1.94. The van der Waals surface area contributed by atoms with Crippen molar-refractivity contribution < 1.29 is 9.59 Å². The minimum absolute atomic E-state index is 0.0847. The Hall–Kier alpha value is -3.58. The number of anilines is 1. The molecule has 1 N–H and O–H groups in total. The monoisotopic (exact) mass is 443 g/mol. The number of carbonyl (C=O) groups excluding carboxylic acids is 2. The molecule has 5 rings (SSSR count). The summed E-state index contributed by atoms with van der Waals surface area (Å²) in [6.45, 7) is 2.80. The second-order valence-corrected chi connectivity index (χ2v) is 8.75. The second-order valence-electron chi connectivity index (χ2n) is 8.75. The molecule has 0 unspecified atom stereocenters. The molecule has 0 bridgehead atoms. The van der Waals surface area contributed by atoms with Crippen LogP contribution in [0.3, 0.4) is 0 Å². The predicted molar refractivity (Wildman–Crippen MR) is 125 cm³/mol. The summed E-state index contributed by atoms with van der Waals surface area (Å²) in [6, 6.07) is 17.2. The molecule has 3 aromatic carbocycles. The van der Waals surface area contributed by atoms with Gasteiger partial charge in [-0.15, -0.1) is 0 Å². The quantitative estimate of drug-likeness (QED) is 0.445. The van der Waals surface area contributed by atoms with Gasteiger partial charge in [0.1, 0.15) is 0 Å². The molecule has 0 spiro atoms. The van der Waals surface area contributed by atoms with E-state index in [1.54, 1.807) is 24.3 Å². The van der Waals surface area contributed by atoms with E-state index in [1.807, 2.05) is 18.2 Å². The first-order valence-electron chi connectivity index (χ1n) is 11.3. The van der Waals surface area contributed by atoms with Crippen LogP contribution in [0.15, 0.2) is 64.2 Å². The van der Waals surface area contributed by atoms with Crippen LogP contribution in [0.5, 0.6) is 0 Å². The molecule has 7 nitrogen and oxygen atoms in total. The molecule has 1 fully saturated rings. The number of hydrogen-bond acceptors (Lipinski definition) is 6. The van der Waals surface area contributed by atoms with Gasteiger partial charge in [0, 0.05) is 37.8 Å². The van der Waals surface area contributed by atoms with E-state index in [0.717, 1.165) is 37.4 Å². The Kier molecular flexibility index (Phi) is 5.64. The van der Waals surface area contributed by atoms with Crippen LogP contribution >= 0.6 is 0 Å². The highest BCUT2D eigenvalue weighted by Gasteiger charge is 2.35. The molecule has 3 aromatic rings. The van der Waals surface area contributed by atoms with Gasteiger partial charge in [0.15, 0.2) is 0 Å². The third-order valence-corrected chi connectivity index (χ3v) is 6.66. The standard InChI is InChI=1S/C26H25N3O4/c30-23-21(12-15-29-25(32)19-8-4-5-9-20(19)26(29)33)22(24(23)31)27-18-10-13-28(14-11-18)16-17-6-2-1-3-7-17/h1-9,18,27H,10-16H2.